The Bertz CT molecular complexity index is 353. The van der Waals surface area contributed by atoms with E-state index in [1.165, 1.54) is 5.56 Å². The summed E-state index contributed by atoms with van der Waals surface area (Å²) in [4.78, 5) is 13.2. The van der Waals surface area contributed by atoms with Gasteiger partial charge in [-0.2, -0.15) is 0 Å². The normalized spacial score (nSPS) is 11.5. The number of carbonyl (C=O) groups is 1. The van der Waals surface area contributed by atoms with Gasteiger partial charge >= 0.3 is 0 Å². The van der Waals surface area contributed by atoms with E-state index in [-0.39, 0.29) is 18.3 Å². The maximum absolute atomic E-state index is 11.5. The van der Waals surface area contributed by atoms with Crippen molar-refractivity contribution in [2.45, 2.75) is 26.4 Å². The molecule has 0 bridgehead atoms. The zero-order valence-electron chi connectivity index (χ0n) is 9.93. The summed E-state index contributed by atoms with van der Waals surface area (Å²) >= 11 is 0. The lowest BCUT2D eigenvalue weighted by molar-refractivity contribution is -0.131. The highest BCUT2D eigenvalue weighted by molar-refractivity contribution is 5.85. The Kier molecular flexibility index (Phi) is 6.08. The summed E-state index contributed by atoms with van der Waals surface area (Å²) in [6, 6.07) is 7.69. The minimum Gasteiger partial charge on any atom is -0.340 e. The highest BCUT2D eigenvalue weighted by Gasteiger charge is 2.13. The first-order chi connectivity index (χ1) is 7.00. The molecule has 1 unspecified atom stereocenters. The van der Waals surface area contributed by atoms with Crippen molar-refractivity contribution in [3.05, 3.63) is 35.4 Å². The van der Waals surface area contributed by atoms with Crippen LogP contribution in [0.25, 0.3) is 0 Å². The molecule has 4 heteroatoms. The third kappa shape index (κ3) is 4.21. The highest BCUT2D eigenvalue weighted by atomic mass is 35.5. The minimum atomic E-state index is -0.431. The van der Waals surface area contributed by atoms with E-state index in [4.69, 9.17) is 5.73 Å². The molecule has 0 aromatic heterocycles. The molecule has 1 aromatic carbocycles. The van der Waals surface area contributed by atoms with Crippen molar-refractivity contribution in [1.29, 1.82) is 0 Å². The lowest BCUT2D eigenvalue weighted by atomic mass is 10.1. The Morgan fingerprint density at radius 2 is 2.12 bits per heavy atom. The summed E-state index contributed by atoms with van der Waals surface area (Å²) in [7, 11) is 1.77. The molecule has 0 aliphatic rings. The summed E-state index contributed by atoms with van der Waals surface area (Å²) in [5, 5.41) is 0. The SMILES string of the molecule is Cc1cccc(CN(C)C(=O)C(C)N)c1.Cl. The van der Waals surface area contributed by atoms with Crippen molar-refractivity contribution in [3.63, 3.8) is 0 Å². The van der Waals surface area contributed by atoms with E-state index in [0.717, 1.165) is 5.56 Å². The van der Waals surface area contributed by atoms with Crippen LogP contribution in [0.2, 0.25) is 0 Å². The first-order valence-electron chi connectivity index (χ1n) is 5.07. The molecule has 16 heavy (non-hydrogen) atoms. The number of nitrogens with two attached hydrogens (primary N) is 1. The van der Waals surface area contributed by atoms with Crippen LogP contribution in [0.1, 0.15) is 18.1 Å². The third-order valence-corrected chi connectivity index (χ3v) is 2.27. The number of hydrogen-bond donors (Lipinski definition) is 1. The van der Waals surface area contributed by atoms with Gasteiger partial charge in [-0.05, 0) is 19.4 Å². The van der Waals surface area contributed by atoms with Gasteiger partial charge in [-0.3, -0.25) is 4.79 Å². The molecule has 1 aromatic rings. The lowest BCUT2D eigenvalue weighted by Crippen LogP contribution is -2.39. The number of nitrogens with zero attached hydrogens (tertiary/aromatic N) is 1. The van der Waals surface area contributed by atoms with Crippen molar-refractivity contribution in [2.75, 3.05) is 7.05 Å². The highest BCUT2D eigenvalue weighted by Crippen LogP contribution is 2.07. The Hall–Kier alpha value is -1.06. The van der Waals surface area contributed by atoms with Crippen molar-refractivity contribution >= 4 is 18.3 Å². The van der Waals surface area contributed by atoms with Gasteiger partial charge in [-0.1, -0.05) is 29.8 Å². The first-order valence-corrected chi connectivity index (χ1v) is 5.07. The van der Waals surface area contributed by atoms with Gasteiger partial charge in [-0.25, -0.2) is 0 Å². The molecule has 0 heterocycles. The molecular formula is C12H19ClN2O. The van der Waals surface area contributed by atoms with Crippen LogP contribution in [0, 0.1) is 6.92 Å². The molecule has 2 N–H and O–H groups in total. The van der Waals surface area contributed by atoms with Crippen molar-refractivity contribution < 1.29 is 4.79 Å². The van der Waals surface area contributed by atoms with Gasteiger partial charge in [0.25, 0.3) is 0 Å². The number of halogens is 1. The molecule has 1 rings (SSSR count). The third-order valence-electron chi connectivity index (χ3n) is 2.27. The molecule has 0 spiro atoms. The second kappa shape index (κ2) is 6.51. The zero-order valence-corrected chi connectivity index (χ0v) is 10.8. The molecule has 3 nitrogen and oxygen atoms in total. The quantitative estimate of drug-likeness (QED) is 0.878. The van der Waals surface area contributed by atoms with Crippen LogP contribution in [0.3, 0.4) is 0 Å². The van der Waals surface area contributed by atoms with Gasteiger partial charge in [-0.15, -0.1) is 12.4 Å². The Morgan fingerprint density at radius 1 is 1.50 bits per heavy atom. The number of likely N-dealkylation sites (N-methyl/N-ethyl adjacent to an activating group) is 1. The average molecular weight is 243 g/mol. The first kappa shape index (κ1) is 14.9. The summed E-state index contributed by atoms with van der Waals surface area (Å²) in [5.41, 5.74) is 7.86. The number of rotatable bonds is 3. The van der Waals surface area contributed by atoms with E-state index < -0.39 is 6.04 Å². The summed E-state index contributed by atoms with van der Waals surface area (Å²) < 4.78 is 0. The maximum atomic E-state index is 11.5. The summed E-state index contributed by atoms with van der Waals surface area (Å²) in [6.07, 6.45) is 0. The number of hydrogen-bond acceptors (Lipinski definition) is 2. The fraction of sp³-hybridized carbons (Fsp3) is 0.417. The smallest absolute Gasteiger partial charge is 0.239 e. The number of amides is 1. The lowest BCUT2D eigenvalue weighted by Gasteiger charge is -2.19. The number of benzene rings is 1. The second-order valence-corrected chi connectivity index (χ2v) is 3.97. The molecule has 0 saturated heterocycles. The maximum Gasteiger partial charge on any atom is 0.239 e. The van der Waals surface area contributed by atoms with Crippen molar-refractivity contribution in [2.24, 2.45) is 5.73 Å². The fourth-order valence-electron chi connectivity index (χ4n) is 1.51. The van der Waals surface area contributed by atoms with Crippen molar-refractivity contribution in [1.82, 2.24) is 4.90 Å². The van der Waals surface area contributed by atoms with E-state index >= 15 is 0 Å². The Labute approximate surface area is 103 Å². The van der Waals surface area contributed by atoms with Gasteiger partial charge in [0.05, 0.1) is 6.04 Å². The molecule has 1 atom stereocenters. The molecule has 0 saturated carbocycles. The van der Waals surface area contributed by atoms with Crippen LogP contribution < -0.4 is 5.73 Å². The van der Waals surface area contributed by atoms with Crippen LogP contribution in [0.15, 0.2) is 24.3 Å². The number of aryl methyl sites for hydroxylation is 1. The van der Waals surface area contributed by atoms with Gasteiger partial charge in [0.1, 0.15) is 0 Å². The van der Waals surface area contributed by atoms with Crippen LogP contribution >= 0.6 is 12.4 Å². The van der Waals surface area contributed by atoms with Crippen LogP contribution in [-0.2, 0) is 11.3 Å². The predicted octanol–water partition coefficient (Wildman–Crippen LogP) is 1.72. The molecule has 90 valence electrons. The second-order valence-electron chi connectivity index (χ2n) is 3.97. The predicted molar refractivity (Wildman–Crippen MR) is 68.6 cm³/mol. The topological polar surface area (TPSA) is 46.3 Å². The van der Waals surface area contributed by atoms with Gasteiger partial charge in [0, 0.05) is 13.6 Å². The Morgan fingerprint density at radius 3 is 2.62 bits per heavy atom. The van der Waals surface area contributed by atoms with E-state index in [0.29, 0.717) is 6.54 Å². The standard InChI is InChI=1S/C12H18N2O.ClH/c1-9-5-4-6-11(7-9)8-14(3)12(15)10(2)13;/h4-7,10H,8,13H2,1-3H3;1H. The average Bonchev–Trinajstić information content (AvgIpc) is 2.16. The van der Waals surface area contributed by atoms with Crippen molar-refractivity contribution in [3.8, 4) is 0 Å². The van der Waals surface area contributed by atoms with Crippen LogP contribution in [0.4, 0.5) is 0 Å². The fourth-order valence-corrected chi connectivity index (χ4v) is 1.51. The summed E-state index contributed by atoms with van der Waals surface area (Å²) in [6.45, 7) is 4.36. The van der Waals surface area contributed by atoms with Gasteiger partial charge in [0.15, 0.2) is 0 Å². The van der Waals surface area contributed by atoms with Crippen LogP contribution in [0.5, 0.6) is 0 Å². The summed E-state index contributed by atoms with van der Waals surface area (Å²) in [5.74, 6) is -0.0310. The van der Waals surface area contributed by atoms with E-state index in [1.807, 2.05) is 25.1 Å². The largest absolute Gasteiger partial charge is 0.340 e. The number of carbonyl (C=O) groups excluding carboxylic acids is 1. The minimum absolute atomic E-state index is 0. The Balaban J connectivity index is 0.00000225. The van der Waals surface area contributed by atoms with E-state index in [2.05, 4.69) is 6.07 Å². The molecule has 0 radical (unpaired) electrons. The molecule has 1 amide bonds. The zero-order chi connectivity index (χ0) is 11.4. The molecule has 0 aliphatic heterocycles. The molecule has 0 fully saturated rings. The van der Waals surface area contributed by atoms with Gasteiger partial charge < -0.3 is 10.6 Å². The van der Waals surface area contributed by atoms with E-state index in [1.54, 1.807) is 18.9 Å². The van der Waals surface area contributed by atoms with Crippen LogP contribution in [-0.4, -0.2) is 23.9 Å². The molecule has 0 aliphatic carbocycles. The van der Waals surface area contributed by atoms with E-state index in [9.17, 15) is 4.79 Å². The molecular weight excluding hydrogens is 224 g/mol. The van der Waals surface area contributed by atoms with Gasteiger partial charge in [0.2, 0.25) is 5.91 Å². The monoisotopic (exact) mass is 242 g/mol.